The smallest absolute Gasteiger partial charge is 0.211 e. The second-order valence-electron chi connectivity index (χ2n) is 5.51. The highest BCUT2D eigenvalue weighted by Crippen LogP contribution is 2.24. The SMILES string of the molecule is Oc1ccc(C=Nn2c(-c3ccco3)csc2=Nc2cccnc2)cc1O. The zero-order chi connectivity index (χ0) is 18.6. The molecule has 0 radical (unpaired) electrons. The molecule has 1 aromatic carbocycles. The summed E-state index contributed by atoms with van der Waals surface area (Å²) >= 11 is 1.42. The maximum atomic E-state index is 9.65. The summed E-state index contributed by atoms with van der Waals surface area (Å²) in [5.41, 5.74) is 2.07. The van der Waals surface area contributed by atoms with Crippen molar-refractivity contribution in [3.63, 3.8) is 0 Å². The van der Waals surface area contributed by atoms with E-state index >= 15 is 0 Å². The van der Waals surface area contributed by atoms with Crippen LogP contribution >= 0.6 is 11.3 Å². The van der Waals surface area contributed by atoms with E-state index in [0.29, 0.717) is 21.8 Å². The molecule has 0 saturated carbocycles. The van der Waals surface area contributed by atoms with E-state index in [1.54, 1.807) is 41.7 Å². The van der Waals surface area contributed by atoms with Gasteiger partial charge in [0.1, 0.15) is 5.69 Å². The van der Waals surface area contributed by atoms with Gasteiger partial charge in [0.05, 0.1) is 24.4 Å². The third kappa shape index (κ3) is 3.65. The number of hydrogen-bond acceptors (Lipinski definition) is 7. The van der Waals surface area contributed by atoms with Crippen LogP contribution in [0.25, 0.3) is 11.5 Å². The van der Waals surface area contributed by atoms with Gasteiger partial charge < -0.3 is 14.6 Å². The predicted molar refractivity (Wildman–Crippen MR) is 102 cm³/mol. The largest absolute Gasteiger partial charge is 0.504 e. The minimum atomic E-state index is -0.208. The average molecular weight is 378 g/mol. The van der Waals surface area contributed by atoms with Crippen molar-refractivity contribution in [3.8, 4) is 23.0 Å². The lowest BCUT2D eigenvalue weighted by Gasteiger charge is -2.01. The van der Waals surface area contributed by atoms with Crippen molar-refractivity contribution in [3.05, 3.63) is 76.9 Å². The van der Waals surface area contributed by atoms with Gasteiger partial charge in [0.2, 0.25) is 4.80 Å². The van der Waals surface area contributed by atoms with E-state index in [1.807, 2.05) is 23.6 Å². The summed E-state index contributed by atoms with van der Waals surface area (Å²) in [5.74, 6) is 0.268. The number of pyridine rings is 1. The number of hydrogen-bond donors (Lipinski definition) is 2. The summed E-state index contributed by atoms with van der Waals surface area (Å²) < 4.78 is 7.15. The van der Waals surface area contributed by atoms with E-state index in [9.17, 15) is 10.2 Å². The number of nitrogens with zero attached hydrogens (tertiary/aromatic N) is 4. The molecule has 0 aliphatic carbocycles. The maximum Gasteiger partial charge on any atom is 0.211 e. The van der Waals surface area contributed by atoms with Crippen LogP contribution in [-0.2, 0) is 0 Å². The number of thiazole rings is 1. The summed E-state index contributed by atoms with van der Waals surface area (Å²) in [7, 11) is 0. The van der Waals surface area contributed by atoms with E-state index in [1.165, 1.54) is 23.5 Å². The average Bonchev–Trinajstić information content (AvgIpc) is 3.33. The van der Waals surface area contributed by atoms with Gasteiger partial charge in [-0.05, 0) is 48.0 Å². The molecule has 4 rings (SSSR count). The topological polar surface area (TPSA) is 96.1 Å². The second kappa shape index (κ2) is 7.30. The Balaban J connectivity index is 1.81. The van der Waals surface area contributed by atoms with Crippen LogP contribution in [0.4, 0.5) is 5.69 Å². The molecule has 8 heteroatoms. The quantitative estimate of drug-likeness (QED) is 0.418. The molecule has 0 aliphatic rings. The molecule has 0 spiro atoms. The molecule has 3 aromatic heterocycles. The Labute approximate surface area is 157 Å². The molecule has 4 aromatic rings. The molecule has 0 bridgehead atoms. The van der Waals surface area contributed by atoms with E-state index in [4.69, 9.17) is 4.42 Å². The molecule has 0 aliphatic heterocycles. The van der Waals surface area contributed by atoms with Crippen molar-refractivity contribution >= 4 is 23.2 Å². The first-order chi connectivity index (χ1) is 13.2. The van der Waals surface area contributed by atoms with Gasteiger partial charge in [-0.15, -0.1) is 11.3 Å². The van der Waals surface area contributed by atoms with Gasteiger partial charge in [0, 0.05) is 11.6 Å². The van der Waals surface area contributed by atoms with Crippen LogP contribution in [0.3, 0.4) is 0 Å². The van der Waals surface area contributed by atoms with Crippen molar-refractivity contribution in [2.24, 2.45) is 10.1 Å². The highest BCUT2D eigenvalue weighted by Gasteiger charge is 2.10. The molecule has 7 nitrogen and oxygen atoms in total. The highest BCUT2D eigenvalue weighted by atomic mass is 32.1. The van der Waals surface area contributed by atoms with Crippen LogP contribution in [0.5, 0.6) is 11.5 Å². The maximum absolute atomic E-state index is 9.65. The Kier molecular flexibility index (Phi) is 4.54. The molecule has 0 fully saturated rings. The van der Waals surface area contributed by atoms with Gasteiger partial charge in [-0.1, -0.05) is 0 Å². The fraction of sp³-hybridized carbons (Fsp3) is 0. The monoisotopic (exact) mass is 378 g/mol. The highest BCUT2D eigenvalue weighted by molar-refractivity contribution is 7.07. The van der Waals surface area contributed by atoms with Crippen LogP contribution in [0, 0.1) is 0 Å². The third-order valence-corrected chi connectivity index (χ3v) is 4.47. The standard InChI is InChI=1S/C19H14N4O3S/c24-16-6-5-13(9-17(16)25)10-21-23-15(18-4-2-8-26-18)12-27-19(23)22-14-3-1-7-20-11-14/h1-12,24-25H. The van der Waals surface area contributed by atoms with Gasteiger partial charge in [0.15, 0.2) is 17.3 Å². The lowest BCUT2D eigenvalue weighted by atomic mass is 10.2. The minimum Gasteiger partial charge on any atom is -0.504 e. The lowest BCUT2D eigenvalue weighted by molar-refractivity contribution is 0.403. The van der Waals surface area contributed by atoms with Crippen molar-refractivity contribution in [2.75, 3.05) is 0 Å². The van der Waals surface area contributed by atoms with Crippen molar-refractivity contribution < 1.29 is 14.6 Å². The molecule has 0 atom stereocenters. The fourth-order valence-electron chi connectivity index (χ4n) is 2.36. The molecule has 27 heavy (non-hydrogen) atoms. The number of benzene rings is 1. The Bertz CT molecular complexity index is 1150. The van der Waals surface area contributed by atoms with Gasteiger partial charge in [-0.2, -0.15) is 5.10 Å². The summed E-state index contributed by atoms with van der Waals surface area (Å²) in [6.45, 7) is 0. The molecule has 2 N–H and O–H groups in total. The summed E-state index contributed by atoms with van der Waals surface area (Å²) in [6, 6.07) is 11.8. The zero-order valence-corrected chi connectivity index (χ0v) is 14.7. The Morgan fingerprint density at radius 3 is 2.78 bits per heavy atom. The van der Waals surface area contributed by atoms with Gasteiger partial charge in [-0.3, -0.25) is 4.98 Å². The molecular formula is C19H14N4O3S. The van der Waals surface area contributed by atoms with Crippen molar-refractivity contribution in [2.45, 2.75) is 0 Å². The number of rotatable bonds is 4. The molecule has 0 amide bonds. The molecule has 0 unspecified atom stereocenters. The normalized spacial score (nSPS) is 12.1. The number of aromatic nitrogens is 2. The van der Waals surface area contributed by atoms with E-state index in [0.717, 1.165) is 5.69 Å². The number of phenols is 2. The first-order valence-electron chi connectivity index (χ1n) is 7.96. The zero-order valence-electron chi connectivity index (χ0n) is 13.9. The number of phenolic OH excluding ortho intramolecular Hbond substituents is 2. The van der Waals surface area contributed by atoms with Crippen LogP contribution in [-0.4, -0.2) is 26.1 Å². The second-order valence-corrected chi connectivity index (χ2v) is 6.34. The Morgan fingerprint density at radius 1 is 1.11 bits per heavy atom. The van der Waals surface area contributed by atoms with E-state index < -0.39 is 0 Å². The van der Waals surface area contributed by atoms with E-state index in [2.05, 4.69) is 15.1 Å². The number of furan rings is 1. The summed E-state index contributed by atoms with van der Waals surface area (Å²) in [6.07, 6.45) is 6.52. The first kappa shape index (κ1) is 16.8. The van der Waals surface area contributed by atoms with Gasteiger partial charge in [-0.25, -0.2) is 9.67 Å². The lowest BCUT2D eigenvalue weighted by Crippen LogP contribution is -2.11. The Morgan fingerprint density at radius 2 is 2.04 bits per heavy atom. The van der Waals surface area contributed by atoms with Gasteiger partial charge in [0.25, 0.3) is 0 Å². The van der Waals surface area contributed by atoms with Crippen LogP contribution in [0.15, 0.2) is 81.0 Å². The fourth-order valence-corrected chi connectivity index (χ4v) is 3.20. The summed E-state index contributed by atoms with van der Waals surface area (Å²) in [5, 5.41) is 25.5. The van der Waals surface area contributed by atoms with Crippen molar-refractivity contribution in [1.29, 1.82) is 0 Å². The third-order valence-electron chi connectivity index (χ3n) is 3.65. The molecule has 3 heterocycles. The van der Waals surface area contributed by atoms with Crippen LogP contribution in [0.1, 0.15) is 5.56 Å². The van der Waals surface area contributed by atoms with Gasteiger partial charge >= 0.3 is 0 Å². The first-order valence-corrected chi connectivity index (χ1v) is 8.84. The molecule has 134 valence electrons. The minimum absolute atomic E-state index is 0.182. The van der Waals surface area contributed by atoms with E-state index in [-0.39, 0.29) is 11.5 Å². The van der Waals surface area contributed by atoms with Crippen LogP contribution < -0.4 is 4.80 Å². The predicted octanol–water partition coefficient (Wildman–Crippen LogP) is 3.73. The number of aromatic hydroxyl groups is 2. The summed E-state index contributed by atoms with van der Waals surface area (Å²) in [4.78, 5) is 9.29. The molecular weight excluding hydrogens is 364 g/mol. The van der Waals surface area contributed by atoms with Crippen molar-refractivity contribution in [1.82, 2.24) is 9.66 Å². The Hall–Kier alpha value is -3.65. The van der Waals surface area contributed by atoms with Crippen LogP contribution in [0.2, 0.25) is 0 Å². The molecule has 0 saturated heterocycles.